The minimum absolute atomic E-state index is 0.0830. The van der Waals surface area contributed by atoms with Gasteiger partial charge in [-0.3, -0.25) is 9.78 Å². The van der Waals surface area contributed by atoms with Crippen molar-refractivity contribution < 1.29 is 9.90 Å². The summed E-state index contributed by atoms with van der Waals surface area (Å²) >= 11 is 5.74. The number of carbonyl (C=O) groups is 1. The van der Waals surface area contributed by atoms with Gasteiger partial charge < -0.3 is 10.4 Å². The van der Waals surface area contributed by atoms with Crippen molar-refractivity contribution in [3.63, 3.8) is 0 Å². The number of aromatic nitrogens is 1. The highest BCUT2D eigenvalue weighted by Gasteiger charge is 2.12. The average Bonchev–Trinajstić information content (AvgIpc) is 2.50. The fourth-order valence-corrected chi connectivity index (χ4v) is 2.20. The number of aromatic hydroxyl groups is 1. The maximum absolute atomic E-state index is 12.3. The second kappa shape index (κ2) is 5.42. The van der Waals surface area contributed by atoms with Crippen molar-refractivity contribution >= 4 is 34.0 Å². The van der Waals surface area contributed by atoms with Crippen LogP contribution in [-0.4, -0.2) is 16.0 Å². The van der Waals surface area contributed by atoms with Crippen molar-refractivity contribution in [1.29, 1.82) is 0 Å². The summed E-state index contributed by atoms with van der Waals surface area (Å²) in [6.07, 6.45) is 1.59. The third-order valence-corrected chi connectivity index (χ3v) is 3.41. The maximum atomic E-state index is 12.3. The number of nitrogens with zero attached hydrogens (tertiary/aromatic N) is 1. The Balaban J connectivity index is 1.95. The smallest absolute Gasteiger partial charge is 0.274 e. The van der Waals surface area contributed by atoms with Gasteiger partial charge in [0.05, 0.1) is 5.02 Å². The molecule has 3 aromatic rings. The lowest BCUT2D eigenvalue weighted by molar-refractivity contribution is 0.102. The Morgan fingerprint density at radius 3 is 2.76 bits per heavy atom. The van der Waals surface area contributed by atoms with E-state index >= 15 is 0 Å². The quantitative estimate of drug-likeness (QED) is 0.755. The van der Waals surface area contributed by atoms with Gasteiger partial charge in [-0.05, 0) is 23.6 Å². The minimum Gasteiger partial charge on any atom is -0.506 e. The number of nitrogens with one attached hydrogen (secondary N) is 1. The summed E-state index contributed by atoms with van der Waals surface area (Å²) in [4.78, 5) is 16.5. The zero-order chi connectivity index (χ0) is 14.8. The zero-order valence-electron chi connectivity index (χ0n) is 10.9. The third kappa shape index (κ3) is 2.66. The molecule has 1 heterocycles. The molecule has 5 heteroatoms. The molecule has 0 spiro atoms. The Labute approximate surface area is 126 Å². The van der Waals surface area contributed by atoms with Crippen LogP contribution in [0.25, 0.3) is 10.8 Å². The molecule has 0 atom stereocenters. The number of carbonyl (C=O) groups excluding carboxylic acids is 1. The van der Waals surface area contributed by atoms with E-state index in [9.17, 15) is 9.90 Å². The number of pyridine rings is 1. The van der Waals surface area contributed by atoms with Crippen LogP contribution in [-0.2, 0) is 0 Å². The number of anilines is 1. The van der Waals surface area contributed by atoms with Crippen molar-refractivity contribution in [2.75, 3.05) is 5.32 Å². The molecule has 4 nitrogen and oxygen atoms in total. The van der Waals surface area contributed by atoms with Gasteiger partial charge in [0, 0.05) is 23.3 Å². The summed E-state index contributed by atoms with van der Waals surface area (Å²) in [6, 6.07) is 13.9. The number of hydrogen-bond acceptors (Lipinski definition) is 3. The van der Waals surface area contributed by atoms with Crippen LogP contribution >= 0.6 is 11.6 Å². The van der Waals surface area contributed by atoms with Gasteiger partial charge >= 0.3 is 0 Å². The molecule has 2 N–H and O–H groups in total. The van der Waals surface area contributed by atoms with Gasteiger partial charge in [0.1, 0.15) is 11.4 Å². The van der Waals surface area contributed by atoms with Crippen LogP contribution in [0.15, 0.2) is 54.7 Å². The molecule has 0 saturated heterocycles. The summed E-state index contributed by atoms with van der Waals surface area (Å²) in [5, 5.41) is 14.2. The summed E-state index contributed by atoms with van der Waals surface area (Å²) in [5.41, 5.74) is 0.791. The predicted octanol–water partition coefficient (Wildman–Crippen LogP) is 3.85. The van der Waals surface area contributed by atoms with Gasteiger partial charge in [-0.25, -0.2) is 0 Å². The summed E-state index contributed by atoms with van der Waals surface area (Å²) < 4.78 is 0. The maximum Gasteiger partial charge on any atom is 0.274 e. The Morgan fingerprint density at radius 1 is 1.14 bits per heavy atom. The number of halogens is 1. The first-order chi connectivity index (χ1) is 10.1. The highest BCUT2D eigenvalue weighted by atomic mass is 35.5. The van der Waals surface area contributed by atoms with Gasteiger partial charge in [0.15, 0.2) is 0 Å². The fraction of sp³-hybridized carbons (Fsp3) is 0. The van der Waals surface area contributed by atoms with Crippen LogP contribution in [0.2, 0.25) is 5.02 Å². The number of fused-ring (bicyclic) bond motifs is 1. The Morgan fingerprint density at radius 2 is 1.95 bits per heavy atom. The second-order valence-electron chi connectivity index (χ2n) is 4.50. The van der Waals surface area contributed by atoms with Gasteiger partial charge in [0.2, 0.25) is 0 Å². The summed E-state index contributed by atoms with van der Waals surface area (Å²) in [7, 11) is 0. The van der Waals surface area contributed by atoms with Crippen LogP contribution in [0.5, 0.6) is 5.75 Å². The molecule has 3 rings (SSSR count). The lowest BCUT2D eigenvalue weighted by atomic mass is 10.1. The van der Waals surface area contributed by atoms with E-state index in [0.29, 0.717) is 11.4 Å². The number of rotatable bonds is 2. The molecule has 0 aliphatic rings. The van der Waals surface area contributed by atoms with Crippen molar-refractivity contribution in [3.8, 4) is 5.75 Å². The van der Waals surface area contributed by atoms with E-state index in [4.69, 9.17) is 11.6 Å². The molecule has 0 fully saturated rings. The molecule has 0 bridgehead atoms. The number of phenolic OH excluding ortho intramolecular Hbond substituents is 1. The molecule has 0 aliphatic carbocycles. The first-order valence-electron chi connectivity index (χ1n) is 6.29. The van der Waals surface area contributed by atoms with Crippen LogP contribution < -0.4 is 5.32 Å². The first kappa shape index (κ1) is 13.4. The molecule has 0 aliphatic heterocycles. The minimum atomic E-state index is -0.339. The zero-order valence-corrected chi connectivity index (χ0v) is 11.6. The van der Waals surface area contributed by atoms with Crippen molar-refractivity contribution in [2.45, 2.75) is 0 Å². The number of phenols is 1. The van der Waals surface area contributed by atoms with E-state index in [1.165, 1.54) is 12.1 Å². The van der Waals surface area contributed by atoms with E-state index in [2.05, 4.69) is 10.3 Å². The normalized spacial score (nSPS) is 10.5. The van der Waals surface area contributed by atoms with Crippen molar-refractivity contribution in [3.05, 3.63) is 65.4 Å². The third-order valence-electron chi connectivity index (χ3n) is 3.09. The number of amides is 1. The molecule has 21 heavy (non-hydrogen) atoms. The van der Waals surface area contributed by atoms with Crippen LogP contribution in [0.3, 0.4) is 0 Å². The highest BCUT2D eigenvalue weighted by Crippen LogP contribution is 2.26. The van der Waals surface area contributed by atoms with Gasteiger partial charge in [-0.15, -0.1) is 0 Å². The Kier molecular flexibility index (Phi) is 3.46. The number of benzene rings is 2. The fourth-order valence-electron chi connectivity index (χ4n) is 2.08. The van der Waals surface area contributed by atoms with E-state index in [-0.39, 0.29) is 16.7 Å². The summed E-state index contributed by atoms with van der Waals surface area (Å²) in [5.74, 6) is -0.422. The highest BCUT2D eigenvalue weighted by molar-refractivity contribution is 6.32. The number of hydrogen-bond donors (Lipinski definition) is 2. The molecule has 2 aromatic carbocycles. The lowest BCUT2D eigenvalue weighted by Crippen LogP contribution is -2.14. The predicted molar refractivity (Wildman–Crippen MR) is 82.8 cm³/mol. The largest absolute Gasteiger partial charge is 0.506 e. The molecule has 0 saturated carbocycles. The molecule has 104 valence electrons. The van der Waals surface area contributed by atoms with Crippen molar-refractivity contribution in [2.24, 2.45) is 0 Å². The van der Waals surface area contributed by atoms with Gasteiger partial charge in [0.25, 0.3) is 5.91 Å². The van der Waals surface area contributed by atoms with Crippen LogP contribution in [0.4, 0.5) is 5.69 Å². The molecular weight excluding hydrogens is 288 g/mol. The monoisotopic (exact) mass is 298 g/mol. The molecule has 0 radical (unpaired) electrons. The molecule has 0 unspecified atom stereocenters. The van der Waals surface area contributed by atoms with E-state index < -0.39 is 0 Å². The Hall–Kier alpha value is -2.59. The SMILES string of the molecule is O=C(Nc1ccc(Cl)c(O)c1)c1nccc2ccccc12. The molecular formula is C16H11ClN2O2. The topological polar surface area (TPSA) is 62.2 Å². The van der Waals surface area contributed by atoms with Gasteiger partial charge in [-0.1, -0.05) is 35.9 Å². The lowest BCUT2D eigenvalue weighted by Gasteiger charge is -2.08. The van der Waals surface area contributed by atoms with E-state index in [1.54, 1.807) is 12.3 Å². The Bertz CT molecular complexity index is 828. The molecule has 1 aromatic heterocycles. The van der Waals surface area contributed by atoms with E-state index in [0.717, 1.165) is 10.8 Å². The van der Waals surface area contributed by atoms with Crippen LogP contribution in [0, 0.1) is 0 Å². The standard InChI is InChI=1S/C16H11ClN2O2/c17-13-6-5-11(9-14(13)20)19-16(21)15-12-4-2-1-3-10(12)7-8-18-15/h1-9,20H,(H,19,21). The average molecular weight is 299 g/mol. The van der Waals surface area contributed by atoms with E-state index in [1.807, 2.05) is 30.3 Å². The van der Waals surface area contributed by atoms with Crippen LogP contribution in [0.1, 0.15) is 10.5 Å². The first-order valence-corrected chi connectivity index (χ1v) is 6.66. The molecule has 1 amide bonds. The second-order valence-corrected chi connectivity index (χ2v) is 4.91. The summed E-state index contributed by atoms with van der Waals surface area (Å²) in [6.45, 7) is 0. The van der Waals surface area contributed by atoms with Gasteiger partial charge in [-0.2, -0.15) is 0 Å². The van der Waals surface area contributed by atoms with Crippen molar-refractivity contribution in [1.82, 2.24) is 4.98 Å².